The maximum absolute atomic E-state index is 3.51. The third-order valence-electron chi connectivity index (χ3n) is 3.30. The number of nitrogens with one attached hydrogen (secondary N) is 1. The second kappa shape index (κ2) is 6.05. The van der Waals surface area contributed by atoms with Gasteiger partial charge in [0.1, 0.15) is 0 Å². The lowest BCUT2D eigenvalue weighted by atomic mass is 9.88. The van der Waals surface area contributed by atoms with Crippen LogP contribution in [0.25, 0.3) is 0 Å². The minimum Gasteiger partial charge on any atom is -0.314 e. The Morgan fingerprint density at radius 2 is 1.56 bits per heavy atom. The van der Waals surface area contributed by atoms with Crippen molar-refractivity contribution in [1.82, 2.24) is 5.32 Å². The van der Waals surface area contributed by atoms with Gasteiger partial charge in [-0.05, 0) is 30.9 Å². The zero-order chi connectivity index (χ0) is 12.1. The van der Waals surface area contributed by atoms with Gasteiger partial charge in [0.2, 0.25) is 0 Å². The smallest absolute Gasteiger partial charge is 0.00104 e. The van der Waals surface area contributed by atoms with Crippen molar-refractivity contribution in [2.45, 2.75) is 46.6 Å². The fourth-order valence-electron chi connectivity index (χ4n) is 1.80. The molecular weight excluding hydrogens is 194 g/mol. The number of hydrogen-bond donors (Lipinski definition) is 1. The largest absolute Gasteiger partial charge is 0.314 e. The van der Waals surface area contributed by atoms with Crippen LogP contribution in [0.4, 0.5) is 0 Å². The monoisotopic (exact) mass is 219 g/mol. The molecule has 2 atom stereocenters. The fraction of sp³-hybridized carbons (Fsp3) is 0.600. The number of rotatable bonds is 5. The van der Waals surface area contributed by atoms with E-state index in [2.05, 4.69) is 64.2 Å². The first-order valence-electron chi connectivity index (χ1n) is 6.30. The van der Waals surface area contributed by atoms with Crippen molar-refractivity contribution in [3.63, 3.8) is 0 Å². The van der Waals surface area contributed by atoms with E-state index >= 15 is 0 Å². The molecular formula is C15H25N. The summed E-state index contributed by atoms with van der Waals surface area (Å²) in [7, 11) is 0. The van der Waals surface area contributed by atoms with E-state index in [1.807, 2.05) is 0 Å². The molecule has 1 rings (SSSR count). The van der Waals surface area contributed by atoms with Crippen LogP contribution in [0, 0.1) is 12.8 Å². The van der Waals surface area contributed by atoms with Crippen molar-refractivity contribution in [1.29, 1.82) is 0 Å². The van der Waals surface area contributed by atoms with Crippen LogP contribution in [0.3, 0.4) is 0 Å². The number of benzene rings is 1. The molecule has 1 heteroatoms. The van der Waals surface area contributed by atoms with Gasteiger partial charge in [-0.3, -0.25) is 0 Å². The van der Waals surface area contributed by atoms with Crippen molar-refractivity contribution >= 4 is 0 Å². The molecule has 1 N–H and O–H groups in total. The zero-order valence-electron chi connectivity index (χ0n) is 11.2. The second-order valence-corrected chi connectivity index (χ2v) is 5.24. The summed E-state index contributed by atoms with van der Waals surface area (Å²) >= 11 is 0. The summed E-state index contributed by atoms with van der Waals surface area (Å²) in [6.45, 7) is 12.3. The van der Waals surface area contributed by atoms with Gasteiger partial charge in [0.15, 0.2) is 0 Å². The van der Waals surface area contributed by atoms with Crippen LogP contribution in [0.1, 0.15) is 44.7 Å². The molecule has 0 saturated carbocycles. The van der Waals surface area contributed by atoms with E-state index in [0.717, 1.165) is 6.54 Å². The van der Waals surface area contributed by atoms with Gasteiger partial charge >= 0.3 is 0 Å². The summed E-state index contributed by atoms with van der Waals surface area (Å²) in [5.41, 5.74) is 2.78. The lowest BCUT2D eigenvalue weighted by Crippen LogP contribution is -2.29. The molecule has 0 spiro atoms. The molecule has 0 fully saturated rings. The highest BCUT2D eigenvalue weighted by molar-refractivity contribution is 5.24. The summed E-state index contributed by atoms with van der Waals surface area (Å²) in [6.07, 6.45) is 0. The van der Waals surface area contributed by atoms with Crippen molar-refractivity contribution in [3.05, 3.63) is 35.4 Å². The van der Waals surface area contributed by atoms with E-state index in [4.69, 9.17) is 0 Å². The summed E-state index contributed by atoms with van der Waals surface area (Å²) in [6, 6.07) is 9.49. The van der Waals surface area contributed by atoms with E-state index in [0.29, 0.717) is 17.9 Å². The molecule has 1 aromatic rings. The zero-order valence-corrected chi connectivity index (χ0v) is 11.2. The Labute approximate surface area is 100 Å². The molecule has 2 unspecified atom stereocenters. The molecule has 0 amide bonds. The Balaban J connectivity index is 2.56. The SMILES string of the molecule is Cc1ccc(C(C)C(C)CNC(C)C)cc1. The molecule has 90 valence electrons. The third kappa shape index (κ3) is 3.97. The third-order valence-corrected chi connectivity index (χ3v) is 3.30. The average molecular weight is 219 g/mol. The van der Waals surface area contributed by atoms with E-state index in [9.17, 15) is 0 Å². The second-order valence-electron chi connectivity index (χ2n) is 5.24. The maximum Gasteiger partial charge on any atom is 0.00104 e. The predicted octanol–water partition coefficient (Wildman–Crippen LogP) is 3.73. The van der Waals surface area contributed by atoms with Crippen LogP contribution in [0.2, 0.25) is 0 Å². The Bertz CT molecular complexity index is 300. The van der Waals surface area contributed by atoms with Gasteiger partial charge in [-0.25, -0.2) is 0 Å². The van der Waals surface area contributed by atoms with Gasteiger partial charge in [0, 0.05) is 6.04 Å². The molecule has 16 heavy (non-hydrogen) atoms. The molecule has 0 saturated heterocycles. The van der Waals surface area contributed by atoms with Gasteiger partial charge in [-0.2, -0.15) is 0 Å². The van der Waals surface area contributed by atoms with Crippen molar-refractivity contribution < 1.29 is 0 Å². The normalized spacial score (nSPS) is 15.1. The van der Waals surface area contributed by atoms with Crippen LogP contribution in [0.5, 0.6) is 0 Å². The molecule has 0 aromatic heterocycles. The lowest BCUT2D eigenvalue weighted by molar-refractivity contribution is 0.426. The summed E-state index contributed by atoms with van der Waals surface area (Å²) in [4.78, 5) is 0. The minimum absolute atomic E-state index is 0.577. The van der Waals surface area contributed by atoms with Crippen LogP contribution < -0.4 is 5.32 Å². The average Bonchev–Trinajstić information content (AvgIpc) is 2.26. The Morgan fingerprint density at radius 3 is 2.06 bits per heavy atom. The minimum atomic E-state index is 0.577. The van der Waals surface area contributed by atoms with E-state index in [-0.39, 0.29) is 0 Å². The first kappa shape index (κ1) is 13.2. The van der Waals surface area contributed by atoms with E-state index in [1.54, 1.807) is 0 Å². The standard InChI is InChI=1S/C15H25N/c1-11(2)16-10-13(4)14(5)15-8-6-12(3)7-9-15/h6-9,11,13-14,16H,10H2,1-5H3. The number of hydrogen-bond acceptors (Lipinski definition) is 1. The Kier molecular flexibility index (Phi) is 5.01. The van der Waals surface area contributed by atoms with Gasteiger partial charge in [0.05, 0.1) is 0 Å². The summed E-state index contributed by atoms with van der Waals surface area (Å²) in [5.74, 6) is 1.29. The molecule has 0 aliphatic rings. The van der Waals surface area contributed by atoms with Gasteiger partial charge < -0.3 is 5.32 Å². The Hall–Kier alpha value is -0.820. The molecule has 0 bridgehead atoms. The van der Waals surface area contributed by atoms with Crippen LogP contribution in [-0.2, 0) is 0 Å². The highest BCUT2D eigenvalue weighted by Gasteiger charge is 2.14. The quantitative estimate of drug-likeness (QED) is 0.795. The molecule has 0 radical (unpaired) electrons. The topological polar surface area (TPSA) is 12.0 Å². The Morgan fingerprint density at radius 1 is 1.00 bits per heavy atom. The van der Waals surface area contributed by atoms with Crippen molar-refractivity contribution in [3.8, 4) is 0 Å². The van der Waals surface area contributed by atoms with Gasteiger partial charge in [-0.1, -0.05) is 57.5 Å². The highest BCUT2D eigenvalue weighted by Crippen LogP contribution is 2.23. The van der Waals surface area contributed by atoms with Crippen molar-refractivity contribution in [2.24, 2.45) is 5.92 Å². The lowest BCUT2D eigenvalue weighted by Gasteiger charge is -2.22. The van der Waals surface area contributed by atoms with Crippen LogP contribution in [0.15, 0.2) is 24.3 Å². The van der Waals surface area contributed by atoms with Crippen LogP contribution in [-0.4, -0.2) is 12.6 Å². The molecule has 1 aromatic carbocycles. The predicted molar refractivity (Wildman–Crippen MR) is 71.9 cm³/mol. The molecule has 0 aliphatic carbocycles. The first-order valence-corrected chi connectivity index (χ1v) is 6.30. The van der Waals surface area contributed by atoms with Crippen molar-refractivity contribution in [2.75, 3.05) is 6.54 Å². The molecule has 0 heterocycles. The fourth-order valence-corrected chi connectivity index (χ4v) is 1.80. The summed E-state index contributed by atoms with van der Waals surface area (Å²) in [5, 5.41) is 3.51. The van der Waals surface area contributed by atoms with E-state index < -0.39 is 0 Å². The van der Waals surface area contributed by atoms with E-state index in [1.165, 1.54) is 11.1 Å². The van der Waals surface area contributed by atoms with Crippen LogP contribution >= 0.6 is 0 Å². The highest BCUT2D eigenvalue weighted by atomic mass is 14.9. The van der Waals surface area contributed by atoms with Gasteiger partial charge in [-0.15, -0.1) is 0 Å². The first-order chi connectivity index (χ1) is 7.50. The molecule has 0 aliphatic heterocycles. The number of aryl methyl sites for hydroxylation is 1. The summed E-state index contributed by atoms with van der Waals surface area (Å²) < 4.78 is 0. The maximum atomic E-state index is 3.51. The molecule has 1 nitrogen and oxygen atoms in total. The van der Waals surface area contributed by atoms with Gasteiger partial charge in [0.25, 0.3) is 0 Å².